The zero-order valence-electron chi connectivity index (χ0n) is 10.3. The van der Waals surface area contributed by atoms with Crippen molar-refractivity contribution in [3.8, 4) is 0 Å². The standard InChI is InChI=1S/C11H14N4O2S2/c1-12-8-6-9-4-5-11(18-9)19(16,17)15-10-3-2-7-13-14-10/h2-5,7,12H,6,8H2,1H3,(H,14,15). The summed E-state index contributed by atoms with van der Waals surface area (Å²) in [5.41, 5.74) is 0. The van der Waals surface area contributed by atoms with E-state index in [0.29, 0.717) is 0 Å². The van der Waals surface area contributed by atoms with Crippen molar-refractivity contribution in [1.29, 1.82) is 0 Å². The predicted octanol–water partition coefficient (Wildman–Crippen LogP) is 1.10. The Morgan fingerprint density at radius 2 is 2.16 bits per heavy atom. The fraction of sp³-hybridized carbons (Fsp3) is 0.273. The monoisotopic (exact) mass is 298 g/mol. The number of likely N-dealkylation sites (N-methyl/N-ethyl adjacent to an activating group) is 1. The normalized spacial score (nSPS) is 11.4. The molecular formula is C11H14N4O2S2. The quantitative estimate of drug-likeness (QED) is 0.834. The molecule has 0 fully saturated rings. The Balaban J connectivity index is 2.13. The van der Waals surface area contributed by atoms with Crippen LogP contribution < -0.4 is 10.0 Å². The molecule has 2 N–H and O–H groups in total. The fourth-order valence-corrected chi connectivity index (χ4v) is 3.78. The SMILES string of the molecule is CNCCc1ccc(S(=O)(=O)Nc2cccnn2)s1. The Morgan fingerprint density at radius 1 is 1.32 bits per heavy atom. The van der Waals surface area contributed by atoms with Gasteiger partial charge in [0.15, 0.2) is 5.82 Å². The lowest BCUT2D eigenvalue weighted by Crippen LogP contribution is -2.12. The molecule has 8 heteroatoms. The lowest BCUT2D eigenvalue weighted by atomic mass is 10.3. The minimum atomic E-state index is -3.57. The minimum Gasteiger partial charge on any atom is -0.319 e. The molecule has 0 unspecified atom stereocenters. The van der Waals surface area contributed by atoms with Crippen molar-refractivity contribution in [2.75, 3.05) is 18.3 Å². The molecule has 2 rings (SSSR count). The van der Waals surface area contributed by atoms with Gasteiger partial charge in [0.25, 0.3) is 10.0 Å². The van der Waals surface area contributed by atoms with Crippen molar-refractivity contribution >= 4 is 27.2 Å². The summed E-state index contributed by atoms with van der Waals surface area (Å²) in [6, 6.07) is 6.61. The van der Waals surface area contributed by atoms with Crippen LogP contribution in [0.5, 0.6) is 0 Å². The summed E-state index contributed by atoms with van der Waals surface area (Å²) in [5.74, 6) is 0.215. The lowest BCUT2D eigenvalue weighted by Gasteiger charge is -2.03. The molecule has 0 amide bonds. The molecule has 0 aliphatic heterocycles. The number of sulfonamides is 1. The van der Waals surface area contributed by atoms with Crippen molar-refractivity contribution < 1.29 is 8.42 Å². The minimum absolute atomic E-state index is 0.215. The molecule has 0 aliphatic carbocycles. The first-order valence-corrected chi connectivity index (χ1v) is 7.95. The maximum absolute atomic E-state index is 12.1. The van der Waals surface area contributed by atoms with E-state index >= 15 is 0 Å². The number of nitrogens with one attached hydrogen (secondary N) is 2. The predicted molar refractivity (Wildman–Crippen MR) is 74.8 cm³/mol. The fourth-order valence-electron chi connectivity index (χ4n) is 1.43. The van der Waals surface area contributed by atoms with Crippen LogP contribution in [0.15, 0.2) is 34.7 Å². The van der Waals surface area contributed by atoms with Crippen molar-refractivity contribution in [3.05, 3.63) is 35.3 Å². The first kappa shape index (κ1) is 13.9. The molecule has 19 heavy (non-hydrogen) atoms. The van der Waals surface area contributed by atoms with E-state index in [2.05, 4.69) is 20.2 Å². The second-order valence-corrected chi connectivity index (χ2v) is 6.87. The second kappa shape index (κ2) is 6.09. The summed E-state index contributed by atoms with van der Waals surface area (Å²) in [6.07, 6.45) is 2.29. The van der Waals surface area contributed by atoms with Crippen LogP contribution in [-0.4, -0.2) is 32.2 Å². The van der Waals surface area contributed by atoms with Gasteiger partial charge in [-0.2, -0.15) is 5.10 Å². The third-order valence-corrected chi connectivity index (χ3v) is 5.33. The molecule has 0 saturated heterocycles. The van der Waals surface area contributed by atoms with Gasteiger partial charge < -0.3 is 5.32 Å². The second-order valence-electron chi connectivity index (χ2n) is 3.79. The van der Waals surface area contributed by atoms with Gasteiger partial charge in [0.05, 0.1) is 0 Å². The van der Waals surface area contributed by atoms with Gasteiger partial charge in [-0.25, -0.2) is 8.42 Å². The molecule has 102 valence electrons. The summed E-state index contributed by atoms with van der Waals surface area (Å²) in [6.45, 7) is 0.817. The van der Waals surface area contributed by atoms with Crippen LogP contribution in [0.3, 0.4) is 0 Å². The van der Waals surface area contributed by atoms with Gasteiger partial charge in [-0.05, 0) is 44.3 Å². The smallest absolute Gasteiger partial charge is 0.272 e. The molecule has 0 aliphatic rings. The van der Waals surface area contributed by atoms with Crippen LogP contribution in [0, 0.1) is 0 Å². The van der Waals surface area contributed by atoms with Gasteiger partial charge in [-0.1, -0.05) is 0 Å². The van der Waals surface area contributed by atoms with Gasteiger partial charge in [0, 0.05) is 11.1 Å². The number of aromatic nitrogens is 2. The Kier molecular flexibility index (Phi) is 4.46. The van der Waals surface area contributed by atoms with E-state index in [0.717, 1.165) is 17.8 Å². The Labute approximate surface area is 115 Å². The van der Waals surface area contributed by atoms with Gasteiger partial charge in [-0.3, -0.25) is 4.72 Å². The maximum atomic E-state index is 12.1. The molecule has 0 aromatic carbocycles. The van der Waals surface area contributed by atoms with Crippen molar-refractivity contribution in [2.24, 2.45) is 0 Å². The Morgan fingerprint density at radius 3 is 2.84 bits per heavy atom. The van der Waals surface area contributed by atoms with Crippen LogP contribution >= 0.6 is 11.3 Å². The number of anilines is 1. The summed E-state index contributed by atoms with van der Waals surface area (Å²) < 4.78 is 26.9. The molecule has 0 saturated carbocycles. The number of hydrogen-bond acceptors (Lipinski definition) is 6. The third kappa shape index (κ3) is 3.72. The van der Waals surface area contributed by atoms with Gasteiger partial charge in [-0.15, -0.1) is 16.4 Å². The van der Waals surface area contributed by atoms with Gasteiger partial charge >= 0.3 is 0 Å². The topological polar surface area (TPSA) is 84.0 Å². The summed E-state index contributed by atoms with van der Waals surface area (Å²) in [7, 11) is -1.71. The molecule has 0 radical (unpaired) electrons. The molecule has 6 nitrogen and oxygen atoms in total. The molecular weight excluding hydrogens is 284 g/mol. The highest BCUT2D eigenvalue weighted by Crippen LogP contribution is 2.23. The van der Waals surface area contributed by atoms with Gasteiger partial charge in [0.2, 0.25) is 0 Å². The zero-order valence-corrected chi connectivity index (χ0v) is 12.0. The average molecular weight is 298 g/mol. The van der Waals surface area contributed by atoms with E-state index < -0.39 is 10.0 Å². The summed E-state index contributed by atoms with van der Waals surface area (Å²) in [4.78, 5) is 1.02. The Hall–Kier alpha value is -1.51. The number of nitrogens with zero attached hydrogens (tertiary/aromatic N) is 2. The first-order chi connectivity index (χ1) is 9.12. The van der Waals surface area contributed by atoms with Crippen molar-refractivity contribution in [3.63, 3.8) is 0 Å². The van der Waals surface area contributed by atoms with Crippen LogP contribution in [0.1, 0.15) is 4.88 Å². The number of thiophene rings is 1. The van der Waals surface area contributed by atoms with Crippen LogP contribution in [0.4, 0.5) is 5.82 Å². The van der Waals surface area contributed by atoms with Crippen LogP contribution in [-0.2, 0) is 16.4 Å². The van der Waals surface area contributed by atoms with Crippen LogP contribution in [0.2, 0.25) is 0 Å². The van der Waals surface area contributed by atoms with Gasteiger partial charge in [0.1, 0.15) is 4.21 Å². The molecule has 0 atom stereocenters. The third-order valence-electron chi connectivity index (χ3n) is 2.33. The zero-order chi connectivity index (χ0) is 13.7. The lowest BCUT2D eigenvalue weighted by molar-refractivity contribution is 0.603. The van der Waals surface area contributed by atoms with E-state index in [-0.39, 0.29) is 10.0 Å². The molecule has 0 spiro atoms. The molecule has 2 aromatic rings. The van der Waals surface area contributed by atoms with E-state index in [1.54, 1.807) is 18.2 Å². The molecule has 0 bridgehead atoms. The van der Waals surface area contributed by atoms with E-state index in [1.807, 2.05) is 13.1 Å². The summed E-state index contributed by atoms with van der Waals surface area (Å²) >= 11 is 1.26. The van der Waals surface area contributed by atoms with E-state index in [1.165, 1.54) is 17.5 Å². The first-order valence-electron chi connectivity index (χ1n) is 5.65. The van der Waals surface area contributed by atoms with Crippen molar-refractivity contribution in [2.45, 2.75) is 10.6 Å². The highest BCUT2D eigenvalue weighted by Gasteiger charge is 2.17. The Bertz CT molecular complexity index is 625. The van der Waals surface area contributed by atoms with Crippen LogP contribution in [0.25, 0.3) is 0 Å². The molecule has 2 heterocycles. The average Bonchev–Trinajstić information content (AvgIpc) is 2.86. The number of hydrogen-bond donors (Lipinski definition) is 2. The largest absolute Gasteiger partial charge is 0.319 e. The summed E-state index contributed by atoms with van der Waals surface area (Å²) in [5, 5.41) is 10.4. The number of rotatable bonds is 6. The van der Waals surface area contributed by atoms with E-state index in [9.17, 15) is 8.42 Å². The van der Waals surface area contributed by atoms with E-state index in [4.69, 9.17) is 0 Å². The van der Waals surface area contributed by atoms with Crippen molar-refractivity contribution in [1.82, 2.24) is 15.5 Å². The molecule has 2 aromatic heterocycles. The highest BCUT2D eigenvalue weighted by molar-refractivity contribution is 7.94. The maximum Gasteiger partial charge on any atom is 0.272 e. The highest BCUT2D eigenvalue weighted by atomic mass is 32.2.